The second-order valence-electron chi connectivity index (χ2n) is 7.28. The fourth-order valence-electron chi connectivity index (χ4n) is 3.24. The highest BCUT2D eigenvalue weighted by Crippen LogP contribution is 2.35. The molecule has 33 heavy (non-hydrogen) atoms. The molecule has 0 amide bonds. The number of benzene rings is 3. The molecular weight excluding hydrogens is 712 g/mol. The van der Waals surface area contributed by atoms with Crippen LogP contribution in [0.1, 0.15) is 22.3 Å². The average molecular weight is 730 g/mol. The first-order valence-electron chi connectivity index (χ1n) is 9.88. The highest BCUT2D eigenvalue weighted by atomic mass is 127. The van der Waals surface area contributed by atoms with E-state index < -0.39 is 5.97 Å². The number of rotatable bonds is 6. The molecule has 0 atom stereocenters. The minimum atomic E-state index is -0.492. The number of methoxy groups -OCH3 is 1. The van der Waals surface area contributed by atoms with Crippen molar-refractivity contribution in [3.63, 3.8) is 0 Å². The summed E-state index contributed by atoms with van der Waals surface area (Å²) in [5.74, 6) is 1.03. The second-order valence-corrected chi connectivity index (χ2v) is 10.5. The summed E-state index contributed by atoms with van der Waals surface area (Å²) in [7, 11) is 1.59. The standard InChI is InChI=1S/C25H18BrI2NO4/c1-14-4-3-5-15(8-14)13-32-23-20(28)9-16(11-22(23)31-2)10-21-25(30)33-24(29-21)17-6-7-19(27)18(26)12-17/h3-12H,13H2,1-2H3/b21-10-. The van der Waals surface area contributed by atoms with E-state index in [2.05, 4.69) is 85.2 Å². The fraction of sp³-hybridized carbons (Fsp3) is 0.120. The Hall–Kier alpha value is -1.92. The maximum atomic E-state index is 12.4. The largest absolute Gasteiger partial charge is 0.493 e. The van der Waals surface area contributed by atoms with Crippen LogP contribution in [-0.2, 0) is 16.1 Å². The number of aliphatic imine (C=N–C) groups is 1. The lowest BCUT2D eigenvalue weighted by atomic mass is 10.1. The number of carbonyl (C=O) groups is 1. The van der Waals surface area contributed by atoms with Crippen molar-refractivity contribution in [2.45, 2.75) is 13.5 Å². The van der Waals surface area contributed by atoms with Crippen LogP contribution in [0.2, 0.25) is 0 Å². The van der Waals surface area contributed by atoms with Crippen molar-refractivity contribution < 1.29 is 19.0 Å². The van der Waals surface area contributed by atoms with E-state index in [1.54, 1.807) is 13.2 Å². The van der Waals surface area contributed by atoms with Crippen molar-refractivity contribution in [3.8, 4) is 11.5 Å². The molecule has 1 aliphatic heterocycles. The highest BCUT2D eigenvalue weighted by molar-refractivity contribution is 14.1. The summed E-state index contributed by atoms with van der Waals surface area (Å²) >= 11 is 7.92. The Morgan fingerprint density at radius 3 is 2.64 bits per heavy atom. The SMILES string of the molecule is COc1cc(/C=C2\N=C(c3ccc(I)c(Br)c3)OC2=O)cc(I)c1OCc1cccc(C)c1. The van der Waals surface area contributed by atoms with Gasteiger partial charge in [-0.1, -0.05) is 29.8 Å². The molecule has 1 heterocycles. The first-order chi connectivity index (χ1) is 15.8. The van der Waals surface area contributed by atoms with Crippen LogP contribution < -0.4 is 9.47 Å². The number of nitrogens with zero attached hydrogens (tertiary/aromatic N) is 1. The minimum absolute atomic E-state index is 0.228. The Labute approximate surface area is 227 Å². The number of carbonyl (C=O) groups excluding carboxylic acids is 1. The van der Waals surface area contributed by atoms with Gasteiger partial charge in [0.1, 0.15) is 6.61 Å². The molecule has 0 N–H and O–H groups in total. The molecule has 4 rings (SSSR count). The summed E-state index contributed by atoms with van der Waals surface area (Å²) in [5.41, 5.74) is 3.98. The quantitative estimate of drug-likeness (QED) is 0.158. The van der Waals surface area contributed by atoms with Gasteiger partial charge in [0.15, 0.2) is 17.2 Å². The van der Waals surface area contributed by atoms with E-state index in [0.717, 1.165) is 28.3 Å². The molecule has 168 valence electrons. The normalized spacial score (nSPS) is 14.3. The predicted octanol–water partition coefficient (Wildman–Crippen LogP) is 6.90. The van der Waals surface area contributed by atoms with Crippen molar-refractivity contribution in [3.05, 3.63) is 94.2 Å². The van der Waals surface area contributed by atoms with Gasteiger partial charge in [0.05, 0.1) is 10.7 Å². The van der Waals surface area contributed by atoms with E-state index in [4.69, 9.17) is 14.2 Å². The van der Waals surface area contributed by atoms with Crippen molar-refractivity contribution in [1.29, 1.82) is 0 Å². The number of cyclic esters (lactones) is 1. The van der Waals surface area contributed by atoms with Crippen molar-refractivity contribution >= 4 is 79.1 Å². The Balaban J connectivity index is 1.59. The first-order valence-corrected chi connectivity index (χ1v) is 12.8. The van der Waals surface area contributed by atoms with Gasteiger partial charge in [-0.25, -0.2) is 9.79 Å². The number of aryl methyl sites for hydroxylation is 1. The number of hydrogen-bond donors (Lipinski definition) is 0. The highest BCUT2D eigenvalue weighted by Gasteiger charge is 2.25. The van der Waals surface area contributed by atoms with Gasteiger partial charge >= 0.3 is 5.97 Å². The predicted molar refractivity (Wildman–Crippen MR) is 149 cm³/mol. The smallest absolute Gasteiger partial charge is 0.363 e. The van der Waals surface area contributed by atoms with E-state index in [0.29, 0.717) is 18.1 Å². The summed E-state index contributed by atoms with van der Waals surface area (Å²) in [4.78, 5) is 16.8. The Morgan fingerprint density at radius 1 is 1.09 bits per heavy atom. The zero-order valence-electron chi connectivity index (χ0n) is 17.7. The van der Waals surface area contributed by atoms with Gasteiger partial charge in [0, 0.05) is 13.6 Å². The van der Waals surface area contributed by atoms with Gasteiger partial charge in [-0.05, 0) is 116 Å². The maximum absolute atomic E-state index is 12.4. The minimum Gasteiger partial charge on any atom is -0.493 e. The third-order valence-corrected chi connectivity index (χ3v) is 7.95. The van der Waals surface area contributed by atoms with Gasteiger partial charge in [0.25, 0.3) is 0 Å². The molecule has 3 aromatic carbocycles. The topological polar surface area (TPSA) is 57.1 Å². The van der Waals surface area contributed by atoms with Crippen molar-refractivity contribution in [2.24, 2.45) is 4.99 Å². The summed E-state index contributed by atoms with van der Waals surface area (Å²) in [6, 6.07) is 17.6. The van der Waals surface area contributed by atoms with Crippen LogP contribution in [0.25, 0.3) is 6.08 Å². The van der Waals surface area contributed by atoms with Gasteiger partial charge in [0.2, 0.25) is 5.90 Å². The lowest BCUT2D eigenvalue weighted by Gasteiger charge is -2.14. The van der Waals surface area contributed by atoms with Crippen LogP contribution in [0.5, 0.6) is 11.5 Å². The monoisotopic (exact) mass is 729 g/mol. The summed E-state index contributed by atoms with van der Waals surface area (Å²) in [6.07, 6.45) is 1.69. The van der Waals surface area contributed by atoms with Crippen molar-refractivity contribution in [2.75, 3.05) is 7.11 Å². The van der Waals surface area contributed by atoms with E-state index in [1.807, 2.05) is 42.5 Å². The molecule has 5 nitrogen and oxygen atoms in total. The van der Waals surface area contributed by atoms with Crippen LogP contribution in [0.4, 0.5) is 0 Å². The molecule has 0 aliphatic carbocycles. The molecular formula is C25H18BrI2NO4. The first kappa shape index (κ1) is 24.2. The van der Waals surface area contributed by atoms with Crippen LogP contribution in [0.3, 0.4) is 0 Å². The van der Waals surface area contributed by atoms with Gasteiger partial charge in [-0.2, -0.15) is 0 Å². The molecule has 0 bridgehead atoms. The molecule has 0 saturated carbocycles. The third kappa shape index (κ3) is 5.78. The van der Waals surface area contributed by atoms with Crippen LogP contribution in [0.15, 0.2) is 69.8 Å². The number of halogens is 3. The number of hydrogen-bond acceptors (Lipinski definition) is 5. The van der Waals surface area contributed by atoms with E-state index in [-0.39, 0.29) is 11.6 Å². The zero-order chi connectivity index (χ0) is 23.5. The second kappa shape index (κ2) is 10.6. The maximum Gasteiger partial charge on any atom is 0.363 e. The number of ether oxygens (including phenoxy) is 3. The lowest BCUT2D eigenvalue weighted by molar-refractivity contribution is -0.129. The van der Waals surface area contributed by atoms with Gasteiger partial charge in [-0.15, -0.1) is 0 Å². The molecule has 3 aromatic rings. The average Bonchev–Trinajstić information content (AvgIpc) is 3.14. The molecule has 0 fully saturated rings. The molecule has 0 saturated heterocycles. The zero-order valence-corrected chi connectivity index (χ0v) is 23.6. The summed E-state index contributed by atoms with van der Waals surface area (Å²) < 4.78 is 19.9. The molecule has 0 spiro atoms. The van der Waals surface area contributed by atoms with Crippen LogP contribution >= 0.6 is 61.1 Å². The molecule has 1 aliphatic rings. The van der Waals surface area contributed by atoms with Gasteiger partial charge < -0.3 is 14.2 Å². The van der Waals surface area contributed by atoms with Crippen LogP contribution in [-0.4, -0.2) is 19.0 Å². The summed E-state index contributed by atoms with van der Waals surface area (Å²) in [6.45, 7) is 2.48. The molecule has 8 heteroatoms. The molecule has 0 unspecified atom stereocenters. The fourth-order valence-corrected chi connectivity index (χ4v) is 4.74. The lowest BCUT2D eigenvalue weighted by Crippen LogP contribution is -2.05. The van der Waals surface area contributed by atoms with E-state index in [1.165, 1.54) is 5.56 Å². The summed E-state index contributed by atoms with van der Waals surface area (Å²) in [5, 5.41) is 0. The Bertz CT molecular complexity index is 1300. The Kier molecular flexibility index (Phi) is 7.75. The van der Waals surface area contributed by atoms with E-state index >= 15 is 0 Å². The van der Waals surface area contributed by atoms with Crippen molar-refractivity contribution in [1.82, 2.24) is 0 Å². The molecule has 0 radical (unpaired) electrons. The van der Waals surface area contributed by atoms with Gasteiger partial charge in [-0.3, -0.25) is 0 Å². The Morgan fingerprint density at radius 2 is 1.91 bits per heavy atom. The van der Waals surface area contributed by atoms with Crippen LogP contribution in [0, 0.1) is 14.1 Å². The number of esters is 1. The molecule has 0 aromatic heterocycles. The van der Waals surface area contributed by atoms with E-state index in [9.17, 15) is 4.79 Å². The third-order valence-electron chi connectivity index (χ3n) is 4.81.